The molecule has 0 aliphatic carbocycles. The Morgan fingerprint density at radius 1 is 1.25 bits per heavy atom. The van der Waals surface area contributed by atoms with E-state index in [1.807, 2.05) is 13.8 Å². The van der Waals surface area contributed by atoms with E-state index < -0.39 is 23.2 Å². The molecule has 1 aromatic carbocycles. The lowest BCUT2D eigenvalue weighted by Gasteiger charge is -2.19. The number of aliphatic carboxylic acids is 1. The van der Waals surface area contributed by atoms with Crippen molar-refractivity contribution in [1.82, 2.24) is 9.78 Å². The molecule has 2 amide bonds. The monoisotopic (exact) mass is 390 g/mol. The van der Waals surface area contributed by atoms with Gasteiger partial charge in [0, 0.05) is 18.2 Å². The molecule has 0 fully saturated rings. The molecule has 150 valence electrons. The van der Waals surface area contributed by atoms with Crippen molar-refractivity contribution in [2.24, 2.45) is 5.92 Å². The first-order valence-corrected chi connectivity index (χ1v) is 8.70. The van der Waals surface area contributed by atoms with E-state index in [1.54, 1.807) is 0 Å². The first-order valence-electron chi connectivity index (χ1n) is 8.70. The van der Waals surface area contributed by atoms with Crippen molar-refractivity contribution in [3.63, 3.8) is 0 Å². The molecule has 2 rings (SSSR count). The van der Waals surface area contributed by atoms with Crippen LogP contribution in [0, 0.1) is 11.7 Å². The van der Waals surface area contributed by atoms with Crippen molar-refractivity contribution >= 4 is 29.2 Å². The Labute approximate surface area is 161 Å². The summed E-state index contributed by atoms with van der Waals surface area (Å²) in [5.41, 5.74) is -0.970. The summed E-state index contributed by atoms with van der Waals surface area (Å²) in [6, 6.07) is 3.72. The second kappa shape index (κ2) is 8.20. The average Bonchev–Trinajstić information content (AvgIpc) is 3.05. The van der Waals surface area contributed by atoms with Crippen LogP contribution in [-0.4, -0.2) is 32.7 Å². The molecule has 1 aromatic heterocycles. The van der Waals surface area contributed by atoms with Gasteiger partial charge in [0.25, 0.3) is 5.91 Å². The smallest absolute Gasteiger partial charge is 0.331 e. The fourth-order valence-corrected chi connectivity index (χ4v) is 2.32. The lowest BCUT2D eigenvalue weighted by Crippen LogP contribution is -2.35. The Balaban J connectivity index is 2.09. The number of nitrogens with zero attached hydrogens (tertiary/aromatic N) is 2. The number of carbonyl (C=O) groups is 3. The minimum atomic E-state index is -1.29. The maximum absolute atomic E-state index is 14.2. The van der Waals surface area contributed by atoms with Gasteiger partial charge >= 0.3 is 5.97 Å². The fourth-order valence-electron chi connectivity index (χ4n) is 2.32. The zero-order valence-corrected chi connectivity index (χ0v) is 16.1. The first kappa shape index (κ1) is 21.1. The number of carboxylic acid groups (broad SMARTS) is 1. The molecule has 9 heteroatoms. The van der Waals surface area contributed by atoms with E-state index >= 15 is 0 Å². The first-order chi connectivity index (χ1) is 13.0. The van der Waals surface area contributed by atoms with Crippen LogP contribution in [0.5, 0.6) is 0 Å². The maximum atomic E-state index is 14.2. The molecule has 0 saturated heterocycles. The number of nitrogens with one attached hydrogen (secondary N) is 2. The van der Waals surface area contributed by atoms with Gasteiger partial charge in [-0.15, -0.1) is 0 Å². The Bertz CT molecular complexity index is 905. The van der Waals surface area contributed by atoms with Crippen LogP contribution in [0.4, 0.5) is 15.8 Å². The summed E-state index contributed by atoms with van der Waals surface area (Å²) in [4.78, 5) is 35.3. The fraction of sp³-hybridized carbons (Fsp3) is 0.368. The van der Waals surface area contributed by atoms with Gasteiger partial charge in [0.05, 0.1) is 17.6 Å². The molecule has 2 aromatic rings. The van der Waals surface area contributed by atoms with Gasteiger partial charge in [0.1, 0.15) is 5.82 Å². The molecule has 0 bridgehead atoms. The average molecular weight is 390 g/mol. The van der Waals surface area contributed by atoms with Crippen LogP contribution in [0.3, 0.4) is 0 Å². The molecule has 0 radical (unpaired) electrons. The lowest BCUT2D eigenvalue weighted by molar-refractivity contribution is -0.146. The molecule has 3 N–H and O–H groups in total. The van der Waals surface area contributed by atoms with Crippen molar-refractivity contribution in [2.75, 3.05) is 10.6 Å². The summed E-state index contributed by atoms with van der Waals surface area (Å²) in [6.07, 6.45) is 2.95. The Morgan fingerprint density at radius 3 is 2.50 bits per heavy atom. The zero-order chi connectivity index (χ0) is 21.1. The third kappa shape index (κ3) is 4.93. The van der Waals surface area contributed by atoms with Crippen molar-refractivity contribution in [3.8, 4) is 0 Å². The van der Waals surface area contributed by atoms with Gasteiger partial charge in [-0.25, -0.2) is 9.18 Å². The molecule has 1 heterocycles. The molecule has 0 atom stereocenters. The largest absolute Gasteiger partial charge is 0.479 e. The standard InChI is InChI=1S/C19H23FN4O4/c1-11(2)7-16(25)23-15-6-5-12(8-14(15)20)17(26)22-13-9-21-24(10-13)19(3,4)18(27)28/h5-6,8-11H,7H2,1-4H3,(H,22,26)(H,23,25)(H,27,28). The van der Waals surface area contributed by atoms with Gasteiger partial charge in [0.2, 0.25) is 5.91 Å². The normalized spacial score (nSPS) is 11.4. The second-order valence-electron chi connectivity index (χ2n) is 7.33. The molecule has 0 saturated carbocycles. The number of amides is 2. The van der Waals surface area contributed by atoms with E-state index in [1.165, 1.54) is 43.1 Å². The zero-order valence-electron chi connectivity index (χ0n) is 16.1. The van der Waals surface area contributed by atoms with E-state index in [4.69, 9.17) is 0 Å². The number of rotatable bonds is 7. The van der Waals surface area contributed by atoms with Crippen LogP contribution in [0.15, 0.2) is 30.6 Å². The molecular formula is C19H23FN4O4. The van der Waals surface area contributed by atoms with Gasteiger partial charge in [0.15, 0.2) is 5.54 Å². The number of carboxylic acids is 1. The molecule has 28 heavy (non-hydrogen) atoms. The van der Waals surface area contributed by atoms with Crippen molar-refractivity contribution in [1.29, 1.82) is 0 Å². The highest BCUT2D eigenvalue weighted by Crippen LogP contribution is 2.20. The Morgan fingerprint density at radius 2 is 1.93 bits per heavy atom. The minimum Gasteiger partial charge on any atom is -0.479 e. The predicted molar refractivity (Wildman–Crippen MR) is 102 cm³/mol. The number of halogens is 1. The quantitative estimate of drug-likeness (QED) is 0.672. The number of carbonyl (C=O) groups excluding carboxylic acids is 2. The number of hydrogen-bond acceptors (Lipinski definition) is 4. The molecule has 8 nitrogen and oxygen atoms in total. The summed E-state index contributed by atoms with van der Waals surface area (Å²) in [5.74, 6) is -2.57. The number of hydrogen-bond donors (Lipinski definition) is 3. The molecule has 0 unspecified atom stereocenters. The number of aromatic nitrogens is 2. The summed E-state index contributed by atoms with van der Waals surface area (Å²) < 4.78 is 15.4. The van der Waals surface area contributed by atoms with Gasteiger partial charge < -0.3 is 15.7 Å². The predicted octanol–water partition coefficient (Wildman–Crippen LogP) is 3.08. The molecule has 0 spiro atoms. The van der Waals surface area contributed by atoms with Crippen LogP contribution < -0.4 is 10.6 Å². The van der Waals surface area contributed by atoms with Crippen molar-refractivity contribution in [2.45, 2.75) is 39.7 Å². The van der Waals surface area contributed by atoms with Crippen LogP contribution in [0.25, 0.3) is 0 Å². The van der Waals surface area contributed by atoms with E-state index in [0.29, 0.717) is 0 Å². The SMILES string of the molecule is CC(C)CC(=O)Nc1ccc(C(=O)Nc2cnn(C(C)(C)C(=O)O)c2)cc1F. The number of anilines is 2. The summed E-state index contributed by atoms with van der Waals surface area (Å²) in [7, 11) is 0. The van der Waals surface area contributed by atoms with Crippen LogP contribution in [0.1, 0.15) is 44.5 Å². The van der Waals surface area contributed by atoms with Crippen molar-refractivity contribution in [3.05, 3.63) is 42.0 Å². The third-order valence-electron chi connectivity index (χ3n) is 4.04. The Kier molecular flexibility index (Phi) is 6.17. The summed E-state index contributed by atoms with van der Waals surface area (Å²) in [6.45, 7) is 6.69. The van der Waals surface area contributed by atoms with Gasteiger partial charge in [-0.05, 0) is 38.0 Å². The van der Waals surface area contributed by atoms with Crippen molar-refractivity contribution < 1.29 is 23.9 Å². The summed E-state index contributed by atoms with van der Waals surface area (Å²) >= 11 is 0. The second-order valence-corrected chi connectivity index (χ2v) is 7.33. The van der Waals surface area contributed by atoms with E-state index in [-0.39, 0.29) is 35.2 Å². The maximum Gasteiger partial charge on any atom is 0.331 e. The minimum absolute atomic E-state index is 0.00164. The molecule has 0 aliphatic heterocycles. The third-order valence-corrected chi connectivity index (χ3v) is 4.04. The highest BCUT2D eigenvalue weighted by atomic mass is 19.1. The van der Waals surface area contributed by atoms with Crippen LogP contribution in [-0.2, 0) is 15.1 Å². The molecule has 0 aliphatic rings. The highest BCUT2D eigenvalue weighted by Gasteiger charge is 2.30. The van der Waals surface area contributed by atoms with Gasteiger partial charge in [-0.3, -0.25) is 14.3 Å². The van der Waals surface area contributed by atoms with E-state index in [0.717, 1.165) is 6.07 Å². The van der Waals surface area contributed by atoms with Crippen LogP contribution in [0.2, 0.25) is 0 Å². The van der Waals surface area contributed by atoms with Gasteiger partial charge in [-0.2, -0.15) is 5.10 Å². The van der Waals surface area contributed by atoms with Crippen LogP contribution >= 0.6 is 0 Å². The van der Waals surface area contributed by atoms with E-state index in [9.17, 15) is 23.9 Å². The lowest BCUT2D eigenvalue weighted by atomic mass is 10.1. The Hall–Kier alpha value is -3.23. The number of benzene rings is 1. The summed E-state index contributed by atoms with van der Waals surface area (Å²) in [5, 5.41) is 18.2. The van der Waals surface area contributed by atoms with E-state index in [2.05, 4.69) is 15.7 Å². The highest BCUT2D eigenvalue weighted by molar-refractivity contribution is 6.04. The van der Waals surface area contributed by atoms with Gasteiger partial charge in [-0.1, -0.05) is 13.8 Å². The molecular weight excluding hydrogens is 367 g/mol. The topological polar surface area (TPSA) is 113 Å².